The number of para-hydroxylation sites is 1. The van der Waals surface area contributed by atoms with Gasteiger partial charge in [-0.1, -0.05) is 19.1 Å². The van der Waals surface area contributed by atoms with Crippen molar-refractivity contribution in [3.63, 3.8) is 0 Å². The van der Waals surface area contributed by atoms with Crippen LogP contribution >= 0.6 is 15.9 Å². The summed E-state index contributed by atoms with van der Waals surface area (Å²) in [5.74, 6) is 1.52. The van der Waals surface area contributed by atoms with Gasteiger partial charge in [0, 0.05) is 17.9 Å². The van der Waals surface area contributed by atoms with Gasteiger partial charge in [0.2, 0.25) is 0 Å². The van der Waals surface area contributed by atoms with Gasteiger partial charge in [0.1, 0.15) is 11.3 Å². The zero-order chi connectivity index (χ0) is 13.9. The molecule has 1 aromatic carbocycles. The van der Waals surface area contributed by atoms with Crippen LogP contribution in [0, 0.1) is 5.92 Å². The first-order valence-corrected chi connectivity index (χ1v) is 8.08. The molecule has 1 fully saturated rings. The molecule has 20 heavy (non-hydrogen) atoms. The summed E-state index contributed by atoms with van der Waals surface area (Å²) in [5.41, 5.74) is 0.935. The van der Waals surface area contributed by atoms with Crippen molar-refractivity contribution in [1.29, 1.82) is 0 Å². The molecule has 3 nitrogen and oxygen atoms in total. The minimum Gasteiger partial charge on any atom is -0.458 e. The maximum absolute atomic E-state index is 6.11. The molecule has 2 heterocycles. The van der Waals surface area contributed by atoms with Gasteiger partial charge in [0.15, 0.2) is 0 Å². The topological polar surface area (TPSA) is 34.4 Å². The van der Waals surface area contributed by atoms with E-state index in [2.05, 4.69) is 40.3 Å². The van der Waals surface area contributed by atoms with Crippen LogP contribution in [0.4, 0.5) is 0 Å². The number of rotatable bonds is 5. The van der Waals surface area contributed by atoms with Crippen molar-refractivity contribution in [3.05, 3.63) is 34.5 Å². The minimum atomic E-state index is 0.247. The monoisotopic (exact) mass is 337 g/mol. The third kappa shape index (κ3) is 2.78. The van der Waals surface area contributed by atoms with Crippen molar-refractivity contribution in [1.82, 2.24) is 5.32 Å². The van der Waals surface area contributed by atoms with Crippen LogP contribution in [0.3, 0.4) is 0 Å². The molecule has 0 bridgehead atoms. The third-order valence-electron chi connectivity index (χ3n) is 3.87. The Bertz CT molecular complexity index is 575. The Morgan fingerprint density at radius 3 is 3.05 bits per heavy atom. The molecule has 108 valence electrons. The molecule has 4 heteroatoms. The fourth-order valence-electron chi connectivity index (χ4n) is 2.82. The van der Waals surface area contributed by atoms with Gasteiger partial charge in [-0.05, 0) is 47.4 Å². The van der Waals surface area contributed by atoms with Crippen molar-refractivity contribution in [2.45, 2.75) is 25.8 Å². The normalized spacial score (nSPS) is 20.6. The first-order chi connectivity index (χ1) is 9.79. The van der Waals surface area contributed by atoms with Crippen LogP contribution in [-0.4, -0.2) is 19.8 Å². The van der Waals surface area contributed by atoms with E-state index in [1.165, 1.54) is 0 Å². The summed E-state index contributed by atoms with van der Waals surface area (Å²) in [6, 6.07) is 8.56. The van der Waals surface area contributed by atoms with E-state index >= 15 is 0 Å². The lowest BCUT2D eigenvalue weighted by Crippen LogP contribution is -2.29. The minimum absolute atomic E-state index is 0.247. The average molecular weight is 338 g/mol. The highest BCUT2D eigenvalue weighted by molar-refractivity contribution is 9.10. The maximum atomic E-state index is 6.11. The van der Waals surface area contributed by atoms with Crippen molar-refractivity contribution >= 4 is 26.9 Å². The standard InChI is InChI=1S/C16H20BrNO2/c1-2-7-18-15(12-6-8-19-10-12)14-9-11-4-3-5-13(17)16(11)20-14/h3-5,9,12,15,18H,2,6-8,10H2,1H3. The van der Waals surface area contributed by atoms with Crippen LogP contribution in [0.15, 0.2) is 33.2 Å². The van der Waals surface area contributed by atoms with E-state index in [9.17, 15) is 0 Å². The molecule has 2 unspecified atom stereocenters. The van der Waals surface area contributed by atoms with Crippen LogP contribution in [0.1, 0.15) is 31.6 Å². The molecule has 0 amide bonds. The molecule has 2 atom stereocenters. The molecule has 1 N–H and O–H groups in total. The largest absolute Gasteiger partial charge is 0.458 e. The highest BCUT2D eigenvalue weighted by Crippen LogP contribution is 2.34. The van der Waals surface area contributed by atoms with Gasteiger partial charge in [0.25, 0.3) is 0 Å². The lowest BCUT2D eigenvalue weighted by atomic mass is 9.96. The van der Waals surface area contributed by atoms with Crippen LogP contribution < -0.4 is 5.32 Å². The van der Waals surface area contributed by atoms with E-state index in [1.807, 2.05) is 12.1 Å². The Labute approximate surface area is 127 Å². The van der Waals surface area contributed by atoms with Crippen LogP contribution in [-0.2, 0) is 4.74 Å². The predicted molar refractivity (Wildman–Crippen MR) is 83.9 cm³/mol. The zero-order valence-corrected chi connectivity index (χ0v) is 13.3. The van der Waals surface area contributed by atoms with Crippen molar-refractivity contribution < 1.29 is 9.15 Å². The Balaban J connectivity index is 1.93. The average Bonchev–Trinajstić information content (AvgIpc) is 3.09. The number of hydrogen-bond donors (Lipinski definition) is 1. The van der Waals surface area contributed by atoms with Crippen molar-refractivity contribution in [2.75, 3.05) is 19.8 Å². The number of fused-ring (bicyclic) bond motifs is 1. The van der Waals surface area contributed by atoms with Gasteiger partial charge in [-0.25, -0.2) is 0 Å². The van der Waals surface area contributed by atoms with Gasteiger partial charge in [0.05, 0.1) is 17.1 Å². The van der Waals surface area contributed by atoms with Crippen LogP contribution in [0.25, 0.3) is 11.0 Å². The Morgan fingerprint density at radius 2 is 2.35 bits per heavy atom. The van der Waals surface area contributed by atoms with Crippen LogP contribution in [0.2, 0.25) is 0 Å². The van der Waals surface area contributed by atoms with Gasteiger partial charge in [-0.3, -0.25) is 0 Å². The fraction of sp³-hybridized carbons (Fsp3) is 0.500. The second-order valence-corrected chi connectivity index (χ2v) is 6.22. The van der Waals surface area contributed by atoms with Crippen LogP contribution in [0.5, 0.6) is 0 Å². The maximum Gasteiger partial charge on any atom is 0.148 e. The summed E-state index contributed by atoms with van der Waals surface area (Å²) in [5, 5.41) is 4.77. The third-order valence-corrected chi connectivity index (χ3v) is 4.50. The van der Waals surface area contributed by atoms with Crippen molar-refractivity contribution in [3.8, 4) is 0 Å². The molecule has 1 aliphatic heterocycles. The Morgan fingerprint density at radius 1 is 1.45 bits per heavy atom. The first-order valence-electron chi connectivity index (χ1n) is 7.28. The summed E-state index contributed by atoms with van der Waals surface area (Å²) in [6.45, 7) is 4.86. The number of benzene rings is 1. The summed E-state index contributed by atoms with van der Waals surface area (Å²) < 4.78 is 12.7. The smallest absolute Gasteiger partial charge is 0.148 e. The number of ether oxygens (including phenoxy) is 1. The Kier molecular flexibility index (Phi) is 4.44. The first kappa shape index (κ1) is 14.1. The second kappa shape index (κ2) is 6.29. The summed E-state index contributed by atoms with van der Waals surface area (Å²) >= 11 is 3.56. The Hall–Kier alpha value is -0.840. The molecule has 1 saturated heterocycles. The lowest BCUT2D eigenvalue weighted by molar-refractivity contribution is 0.173. The van der Waals surface area contributed by atoms with E-state index in [1.54, 1.807) is 0 Å². The highest BCUT2D eigenvalue weighted by Gasteiger charge is 2.29. The molecule has 0 spiro atoms. The zero-order valence-electron chi connectivity index (χ0n) is 11.7. The molecule has 0 aliphatic carbocycles. The van der Waals surface area contributed by atoms with E-state index in [-0.39, 0.29) is 6.04 Å². The van der Waals surface area contributed by atoms with Crippen molar-refractivity contribution in [2.24, 2.45) is 5.92 Å². The second-order valence-electron chi connectivity index (χ2n) is 5.36. The van der Waals surface area contributed by atoms with E-state index < -0.39 is 0 Å². The van der Waals surface area contributed by atoms with Gasteiger partial charge in [-0.15, -0.1) is 0 Å². The van der Waals surface area contributed by atoms with Gasteiger partial charge >= 0.3 is 0 Å². The number of hydrogen-bond acceptors (Lipinski definition) is 3. The lowest BCUT2D eigenvalue weighted by Gasteiger charge is -2.21. The molecular formula is C16H20BrNO2. The highest BCUT2D eigenvalue weighted by atomic mass is 79.9. The molecule has 3 rings (SSSR count). The molecular weight excluding hydrogens is 318 g/mol. The van der Waals surface area contributed by atoms with E-state index in [4.69, 9.17) is 9.15 Å². The summed E-state index contributed by atoms with van der Waals surface area (Å²) in [6.07, 6.45) is 2.22. The number of halogens is 1. The van der Waals surface area contributed by atoms with Gasteiger partial charge < -0.3 is 14.5 Å². The summed E-state index contributed by atoms with van der Waals surface area (Å²) in [4.78, 5) is 0. The fourth-order valence-corrected chi connectivity index (χ4v) is 3.28. The molecule has 0 radical (unpaired) electrons. The number of furan rings is 1. The summed E-state index contributed by atoms with van der Waals surface area (Å²) in [7, 11) is 0. The van der Waals surface area contributed by atoms with E-state index in [0.29, 0.717) is 5.92 Å². The molecule has 2 aromatic rings. The van der Waals surface area contributed by atoms with E-state index in [0.717, 1.165) is 53.8 Å². The molecule has 1 aliphatic rings. The molecule has 0 saturated carbocycles. The van der Waals surface area contributed by atoms with Gasteiger partial charge in [-0.2, -0.15) is 0 Å². The molecule has 1 aromatic heterocycles. The number of nitrogens with one attached hydrogen (secondary N) is 1. The SMILES string of the molecule is CCCNC(c1cc2cccc(Br)c2o1)C1CCOC1. The predicted octanol–water partition coefficient (Wildman–Crippen LogP) is 4.27. The quantitative estimate of drug-likeness (QED) is 0.884.